The summed E-state index contributed by atoms with van der Waals surface area (Å²) >= 11 is 9.45. The number of hydrogen-bond acceptors (Lipinski definition) is 1. The molecule has 0 spiro atoms. The summed E-state index contributed by atoms with van der Waals surface area (Å²) in [6, 6.07) is 6.91. The van der Waals surface area contributed by atoms with Gasteiger partial charge in [0, 0.05) is 22.9 Å². The average Bonchev–Trinajstić information content (AvgIpc) is 2.31. The van der Waals surface area contributed by atoms with Crippen molar-refractivity contribution in [2.24, 2.45) is 0 Å². The number of rotatable bonds is 5. The molecule has 0 fully saturated rings. The highest BCUT2D eigenvalue weighted by atomic mass is 79.9. The van der Waals surface area contributed by atoms with E-state index < -0.39 is 0 Å². The van der Waals surface area contributed by atoms with Crippen molar-refractivity contribution in [3.05, 3.63) is 28.2 Å². The number of halogens is 2. The Balaban J connectivity index is 3.01. The molecule has 90 valence electrons. The summed E-state index contributed by atoms with van der Waals surface area (Å²) in [5.74, 6) is 0.564. The van der Waals surface area contributed by atoms with Crippen molar-refractivity contribution in [2.45, 2.75) is 39.1 Å². The maximum Gasteiger partial charge on any atom is 0.0513 e. The number of anilines is 1. The molecule has 0 aliphatic rings. The molecule has 0 amide bonds. The molecule has 1 atom stereocenters. The van der Waals surface area contributed by atoms with Crippen molar-refractivity contribution in [2.75, 3.05) is 11.4 Å². The summed E-state index contributed by atoms with van der Waals surface area (Å²) < 4.78 is 1.13. The van der Waals surface area contributed by atoms with Gasteiger partial charge in [-0.3, -0.25) is 0 Å². The van der Waals surface area contributed by atoms with Crippen molar-refractivity contribution in [1.82, 2.24) is 0 Å². The molecular formula is C13H19BrClN. The van der Waals surface area contributed by atoms with Gasteiger partial charge in [-0.05, 0) is 53.9 Å². The van der Waals surface area contributed by atoms with Gasteiger partial charge in [-0.15, -0.1) is 11.6 Å². The zero-order valence-electron chi connectivity index (χ0n) is 10.1. The average molecular weight is 305 g/mol. The second kappa shape index (κ2) is 6.51. The zero-order valence-corrected chi connectivity index (χ0v) is 12.5. The van der Waals surface area contributed by atoms with Crippen LogP contribution in [0.1, 0.15) is 32.8 Å². The second-order valence-electron chi connectivity index (χ2n) is 3.96. The van der Waals surface area contributed by atoms with Gasteiger partial charge in [0.05, 0.1) is 5.69 Å². The maximum atomic E-state index is 5.82. The van der Waals surface area contributed by atoms with Crippen LogP contribution in [0.15, 0.2) is 22.7 Å². The Morgan fingerprint density at radius 3 is 2.50 bits per heavy atom. The molecule has 1 aromatic carbocycles. The minimum Gasteiger partial charge on any atom is -0.368 e. The zero-order chi connectivity index (χ0) is 12.1. The van der Waals surface area contributed by atoms with Gasteiger partial charge in [-0.2, -0.15) is 0 Å². The van der Waals surface area contributed by atoms with Crippen LogP contribution < -0.4 is 4.90 Å². The van der Waals surface area contributed by atoms with Crippen molar-refractivity contribution in [3.8, 4) is 0 Å². The van der Waals surface area contributed by atoms with E-state index in [2.05, 4.69) is 59.8 Å². The summed E-state index contributed by atoms with van der Waals surface area (Å²) in [7, 11) is 0. The molecule has 0 aromatic heterocycles. The number of alkyl halides is 1. The molecule has 16 heavy (non-hydrogen) atoms. The summed E-state index contributed by atoms with van der Waals surface area (Å²) in [5.41, 5.74) is 2.41. The predicted octanol–water partition coefficient (Wildman–Crippen LogP) is 4.81. The van der Waals surface area contributed by atoms with Gasteiger partial charge >= 0.3 is 0 Å². The van der Waals surface area contributed by atoms with E-state index in [4.69, 9.17) is 11.6 Å². The number of hydrogen-bond donors (Lipinski definition) is 0. The minimum absolute atomic E-state index is 0.558. The maximum absolute atomic E-state index is 5.82. The third-order valence-electron chi connectivity index (χ3n) is 2.94. The minimum atomic E-state index is 0.558. The van der Waals surface area contributed by atoms with Crippen molar-refractivity contribution in [3.63, 3.8) is 0 Å². The topological polar surface area (TPSA) is 3.24 Å². The number of nitrogens with zero attached hydrogens (tertiary/aromatic N) is 1. The molecule has 1 rings (SSSR count). The second-order valence-corrected chi connectivity index (χ2v) is 5.08. The van der Waals surface area contributed by atoms with Crippen molar-refractivity contribution >= 4 is 33.2 Å². The van der Waals surface area contributed by atoms with Crippen LogP contribution in [-0.2, 0) is 5.88 Å². The van der Waals surface area contributed by atoms with Gasteiger partial charge in [-0.25, -0.2) is 0 Å². The fourth-order valence-electron chi connectivity index (χ4n) is 1.81. The van der Waals surface area contributed by atoms with Crippen molar-refractivity contribution < 1.29 is 0 Å². The lowest BCUT2D eigenvalue weighted by Gasteiger charge is -2.30. The van der Waals surface area contributed by atoms with Crippen LogP contribution in [0.2, 0.25) is 0 Å². The van der Waals surface area contributed by atoms with Crippen LogP contribution in [0.25, 0.3) is 0 Å². The monoisotopic (exact) mass is 303 g/mol. The van der Waals surface area contributed by atoms with E-state index in [9.17, 15) is 0 Å². The highest BCUT2D eigenvalue weighted by molar-refractivity contribution is 9.10. The molecule has 0 bridgehead atoms. The summed E-state index contributed by atoms with van der Waals surface area (Å²) in [5, 5.41) is 0. The molecule has 0 aliphatic carbocycles. The largest absolute Gasteiger partial charge is 0.368 e. The highest BCUT2D eigenvalue weighted by Gasteiger charge is 2.13. The van der Waals surface area contributed by atoms with Crippen LogP contribution >= 0.6 is 27.5 Å². The molecule has 0 saturated heterocycles. The molecule has 1 aromatic rings. The van der Waals surface area contributed by atoms with E-state index in [1.165, 1.54) is 5.69 Å². The van der Waals surface area contributed by atoms with E-state index in [1.807, 2.05) is 0 Å². The lowest BCUT2D eigenvalue weighted by atomic mass is 10.1. The van der Waals surface area contributed by atoms with Gasteiger partial charge in [0.1, 0.15) is 0 Å². The molecule has 0 N–H and O–H groups in total. The molecule has 0 saturated carbocycles. The highest BCUT2D eigenvalue weighted by Crippen LogP contribution is 2.29. The van der Waals surface area contributed by atoms with Crippen LogP contribution in [-0.4, -0.2) is 12.6 Å². The van der Waals surface area contributed by atoms with Gasteiger partial charge in [0.25, 0.3) is 0 Å². The molecule has 0 radical (unpaired) electrons. The number of benzene rings is 1. The predicted molar refractivity (Wildman–Crippen MR) is 76.5 cm³/mol. The summed E-state index contributed by atoms with van der Waals surface area (Å²) in [6.45, 7) is 7.68. The first kappa shape index (κ1) is 13.9. The molecule has 3 heteroatoms. The molecule has 0 aliphatic heterocycles. The van der Waals surface area contributed by atoms with Crippen LogP contribution in [0.5, 0.6) is 0 Å². The van der Waals surface area contributed by atoms with E-state index in [0.717, 1.165) is 23.0 Å². The first-order valence-corrected chi connectivity index (χ1v) is 7.07. The smallest absolute Gasteiger partial charge is 0.0513 e. The lowest BCUT2D eigenvalue weighted by Crippen LogP contribution is -2.32. The first-order valence-electron chi connectivity index (χ1n) is 5.75. The normalized spacial score (nSPS) is 12.6. The van der Waals surface area contributed by atoms with E-state index in [1.54, 1.807) is 0 Å². The summed E-state index contributed by atoms with van der Waals surface area (Å²) in [4.78, 5) is 2.40. The van der Waals surface area contributed by atoms with Gasteiger partial charge < -0.3 is 4.90 Å². The van der Waals surface area contributed by atoms with E-state index >= 15 is 0 Å². The quantitative estimate of drug-likeness (QED) is 0.705. The fraction of sp³-hybridized carbons (Fsp3) is 0.538. The lowest BCUT2D eigenvalue weighted by molar-refractivity contribution is 0.629. The Morgan fingerprint density at radius 2 is 2.06 bits per heavy atom. The SMILES string of the molecule is CCC(C)N(CC)c1ccc(CCl)cc1Br. The van der Waals surface area contributed by atoms with E-state index in [0.29, 0.717) is 11.9 Å². The van der Waals surface area contributed by atoms with E-state index in [-0.39, 0.29) is 0 Å². The Labute approximate surface area is 112 Å². The van der Waals surface area contributed by atoms with Gasteiger partial charge in [-0.1, -0.05) is 13.0 Å². The van der Waals surface area contributed by atoms with Crippen molar-refractivity contribution in [1.29, 1.82) is 0 Å². The van der Waals surface area contributed by atoms with Gasteiger partial charge in [0.2, 0.25) is 0 Å². The van der Waals surface area contributed by atoms with Crippen LogP contribution in [0, 0.1) is 0 Å². The first-order chi connectivity index (χ1) is 7.63. The van der Waals surface area contributed by atoms with Crippen LogP contribution in [0.3, 0.4) is 0 Å². The third-order valence-corrected chi connectivity index (χ3v) is 3.88. The fourth-order valence-corrected chi connectivity index (χ4v) is 2.63. The Morgan fingerprint density at radius 1 is 1.38 bits per heavy atom. The van der Waals surface area contributed by atoms with Crippen LogP contribution in [0.4, 0.5) is 5.69 Å². The standard InChI is InChI=1S/C13H19BrClN/c1-4-10(3)16(5-2)13-7-6-11(9-15)8-12(13)14/h6-8,10H,4-5,9H2,1-3H3. The Hall–Kier alpha value is -0.210. The molecule has 1 unspecified atom stereocenters. The molecule has 1 nitrogen and oxygen atoms in total. The molecule has 0 heterocycles. The summed E-state index contributed by atoms with van der Waals surface area (Å²) in [6.07, 6.45) is 1.15. The Kier molecular flexibility index (Phi) is 5.63. The Bertz CT molecular complexity index is 341. The molecular weight excluding hydrogens is 286 g/mol. The third kappa shape index (κ3) is 3.14. The van der Waals surface area contributed by atoms with Gasteiger partial charge in [0.15, 0.2) is 0 Å².